The lowest BCUT2D eigenvalue weighted by Crippen LogP contribution is -2.61. The van der Waals surface area contributed by atoms with Crippen LogP contribution in [-0.2, 0) is 72.0 Å². The second-order valence-electron chi connectivity index (χ2n) is 21.4. The number of H-pyrrole nitrogens is 1. The highest BCUT2D eigenvalue weighted by Crippen LogP contribution is 2.23. The van der Waals surface area contributed by atoms with Gasteiger partial charge in [-0.25, -0.2) is 9.78 Å². The molecule has 2 fully saturated rings. The van der Waals surface area contributed by atoms with Gasteiger partial charge in [-0.2, -0.15) is 0 Å². The molecule has 0 unspecified atom stereocenters. The maximum atomic E-state index is 14.4. The number of aliphatic hydroxyl groups is 1. The lowest BCUT2D eigenvalue weighted by molar-refractivity contribution is -0.146. The van der Waals surface area contributed by atoms with Gasteiger partial charge in [-0.05, 0) is 80.5 Å². The lowest BCUT2D eigenvalue weighted by atomic mass is 10.0. The van der Waals surface area contributed by atoms with E-state index in [1.807, 2.05) is 0 Å². The zero-order valence-electron chi connectivity index (χ0n) is 46.6. The number of aliphatic hydroxyl groups excluding tert-OH is 1. The van der Waals surface area contributed by atoms with Crippen molar-refractivity contribution in [2.45, 2.75) is 153 Å². The number of aromatic nitrogens is 2. The number of aromatic amines is 1. The summed E-state index contributed by atoms with van der Waals surface area (Å²) in [6.45, 7) is 7.24. The molecule has 0 spiro atoms. The minimum Gasteiger partial charge on any atom is -0.508 e. The number of nitrogens with zero attached hydrogens (tertiary/aromatic N) is 3. The number of carbonyl (C=O) groups is 11. The van der Waals surface area contributed by atoms with Crippen LogP contribution in [0.1, 0.15) is 90.0 Å². The van der Waals surface area contributed by atoms with Gasteiger partial charge in [0.15, 0.2) is 0 Å². The van der Waals surface area contributed by atoms with Crippen LogP contribution in [0.4, 0.5) is 0 Å². The van der Waals surface area contributed by atoms with Crippen LogP contribution in [0.25, 0.3) is 0 Å². The average Bonchev–Trinajstić information content (AvgIpc) is 4.45. The number of benzene rings is 2. The smallest absolute Gasteiger partial charge is 0.326 e. The van der Waals surface area contributed by atoms with Crippen molar-refractivity contribution in [1.82, 2.24) is 57.0 Å². The van der Waals surface area contributed by atoms with E-state index in [4.69, 9.17) is 11.5 Å². The molecule has 2 aliphatic rings. The predicted octanol–water partition coefficient (Wildman–Crippen LogP) is -2.48. The van der Waals surface area contributed by atoms with Gasteiger partial charge >= 0.3 is 5.97 Å². The van der Waals surface area contributed by atoms with Crippen LogP contribution in [-0.4, -0.2) is 180 Å². The van der Waals surface area contributed by atoms with Crippen LogP contribution in [0.5, 0.6) is 5.75 Å². The zero-order chi connectivity index (χ0) is 60.4. The fraction of sp³-hybridized carbons (Fsp3) is 0.527. The van der Waals surface area contributed by atoms with Crippen molar-refractivity contribution in [1.29, 1.82) is 0 Å². The summed E-state index contributed by atoms with van der Waals surface area (Å²) < 4.78 is 0. The van der Waals surface area contributed by atoms with Crippen LogP contribution < -0.4 is 48.7 Å². The summed E-state index contributed by atoms with van der Waals surface area (Å²) in [5, 5.41) is 47.9. The molecule has 446 valence electrons. The molecule has 3 aromatic rings. The van der Waals surface area contributed by atoms with E-state index < -0.39 is 144 Å². The first-order chi connectivity index (χ1) is 38.9. The van der Waals surface area contributed by atoms with Crippen LogP contribution >= 0.6 is 0 Å². The van der Waals surface area contributed by atoms with Crippen LogP contribution in [0.15, 0.2) is 67.1 Å². The molecule has 0 aliphatic carbocycles. The molecule has 27 nitrogen and oxygen atoms in total. The highest BCUT2D eigenvalue weighted by molar-refractivity contribution is 6.00. The second kappa shape index (κ2) is 30.4. The van der Waals surface area contributed by atoms with E-state index in [0.29, 0.717) is 24.1 Å². The first-order valence-corrected chi connectivity index (χ1v) is 27.3. The Morgan fingerprint density at radius 1 is 0.634 bits per heavy atom. The number of amides is 10. The lowest BCUT2D eigenvalue weighted by Gasteiger charge is -2.33. The summed E-state index contributed by atoms with van der Waals surface area (Å²) in [7, 11) is 0. The minimum atomic E-state index is -1.68. The molecule has 1 aromatic heterocycles. The third-order valence-corrected chi connectivity index (χ3v) is 14.1. The van der Waals surface area contributed by atoms with Gasteiger partial charge in [0.05, 0.1) is 25.4 Å². The van der Waals surface area contributed by atoms with Crippen LogP contribution in [0, 0.1) is 11.8 Å². The fourth-order valence-electron chi connectivity index (χ4n) is 9.67. The van der Waals surface area contributed by atoms with Gasteiger partial charge in [-0.1, -0.05) is 70.2 Å². The van der Waals surface area contributed by atoms with E-state index in [0.717, 1.165) is 5.56 Å². The topological polar surface area (TPSA) is 420 Å². The van der Waals surface area contributed by atoms with Gasteiger partial charge in [0.2, 0.25) is 59.1 Å². The first-order valence-electron chi connectivity index (χ1n) is 27.3. The molecule has 0 bridgehead atoms. The number of aliphatic carboxylic acids is 1. The molecule has 2 aliphatic heterocycles. The first kappa shape index (κ1) is 64.4. The Balaban J connectivity index is 1.22. The van der Waals surface area contributed by atoms with Gasteiger partial charge in [0.25, 0.3) is 0 Å². The van der Waals surface area contributed by atoms with Crippen molar-refractivity contribution in [3.8, 4) is 5.75 Å². The summed E-state index contributed by atoms with van der Waals surface area (Å²) in [6, 6.07) is 1.57. The Kier molecular flexibility index (Phi) is 23.8. The number of phenols is 1. The van der Waals surface area contributed by atoms with Gasteiger partial charge < -0.3 is 78.8 Å². The Morgan fingerprint density at radius 2 is 1.17 bits per heavy atom. The van der Waals surface area contributed by atoms with Crippen LogP contribution in [0.2, 0.25) is 0 Å². The van der Waals surface area contributed by atoms with E-state index in [9.17, 15) is 68.1 Å². The Bertz CT molecular complexity index is 2730. The number of hydrogen-bond acceptors (Lipinski definition) is 15. The number of imidazole rings is 1. The van der Waals surface area contributed by atoms with Crippen molar-refractivity contribution in [3.05, 3.63) is 83.9 Å². The van der Waals surface area contributed by atoms with E-state index in [1.165, 1.54) is 41.4 Å². The number of nitrogens with two attached hydrogens (primary N) is 2. The largest absolute Gasteiger partial charge is 0.508 e. The molecule has 27 heteroatoms. The number of carbonyl (C=O) groups excluding carboxylic acids is 10. The van der Waals surface area contributed by atoms with E-state index in [-0.39, 0.29) is 63.3 Å². The number of hydrogen-bond donors (Lipinski definition) is 13. The molecule has 15 N–H and O–H groups in total. The Hall–Kier alpha value is -8.46. The summed E-state index contributed by atoms with van der Waals surface area (Å²) in [6.07, 6.45) is 3.05. The van der Waals surface area contributed by atoms with Crippen molar-refractivity contribution in [2.24, 2.45) is 23.3 Å². The van der Waals surface area contributed by atoms with Gasteiger partial charge in [-0.15, -0.1) is 0 Å². The summed E-state index contributed by atoms with van der Waals surface area (Å²) in [5.74, 6) is -10.4. The van der Waals surface area contributed by atoms with Crippen molar-refractivity contribution in [3.63, 3.8) is 0 Å². The number of phenolic OH excluding ortho intramolecular Hbond substituents is 1. The van der Waals surface area contributed by atoms with Crippen molar-refractivity contribution < 1.29 is 68.1 Å². The molecule has 5 rings (SSSR count). The molecule has 2 saturated heterocycles. The number of likely N-dealkylation sites (tertiary alicyclic amines) is 2. The van der Waals surface area contributed by atoms with Crippen molar-refractivity contribution in [2.75, 3.05) is 19.7 Å². The monoisotopic (exact) mass is 1140 g/mol. The summed E-state index contributed by atoms with van der Waals surface area (Å²) in [4.78, 5) is 158. The summed E-state index contributed by atoms with van der Waals surface area (Å²) in [5.41, 5.74) is 13.5. The number of rotatable bonds is 29. The highest BCUT2D eigenvalue weighted by atomic mass is 16.4. The Morgan fingerprint density at radius 3 is 1.72 bits per heavy atom. The second-order valence-corrected chi connectivity index (χ2v) is 21.4. The number of carboxylic acid groups (broad SMARTS) is 1. The molecule has 3 heterocycles. The molecular formula is C55H77N13O14. The number of primary amides is 1. The molecule has 0 saturated carbocycles. The maximum Gasteiger partial charge on any atom is 0.326 e. The molecule has 0 radical (unpaired) electrons. The minimum absolute atomic E-state index is 0.0336. The molecule has 10 atom stereocenters. The van der Waals surface area contributed by atoms with E-state index in [2.05, 4.69) is 47.2 Å². The van der Waals surface area contributed by atoms with E-state index >= 15 is 0 Å². The number of nitrogens with one attached hydrogen (secondary N) is 8. The van der Waals surface area contributed by atoms with E-state index in [1.54, 1.807) is 70.2 Å². The fourth-order valence-corrected chi connectivity index (χ4v) is 9.67. The predicted molar refractivity (Wildman–Crippen MR) is 294 cm³/mol. The normalized spacial score (nSPS) is 17.9. The standard InChI is InChI=1S/C55H77N13O14/c1-29(2)21-40(55(81)82)64-49(75)38(24-34-26-58-28-59-34)63-51(77)42-13-9-19-67(42)53(79)41(27-69)65-52(78)43-14-10-20-68(43)54(80)45(30(3)4)66-50(76)39(25-44(57)71)61-46(72)31(5)60-48(74)37(23-33-15-17-35(70)18-16-33)62-47(73)36(56)22-32-11-7-6-8-12-32/h6-8,11-12,15-18,26,28-31,36-43,45,69-70H,9-10,13-14,19-25,27,56H2,1-5H3,(H2,57,71)(H,58,59)(H,60,74)(H,61,72)(H,62,73)(H,63,77)(H,64,75)(H,65,78)(H,66,76)(H,81,82)/t31-,36-,37-,38-,39-,40-,41-,42-,43-,45-/m0/s1. The zero-order valence-corrected chi connectivity index (χ0v) is 46.6. The third kappa shape index (κ3) is 18.5. The highest BCUT2D eigenvalue weighted by Gasteiger charge is 2.43. The molecule has 10 amide bonds. The number of aromatic hydroxyl groups is 1. The van der Waals surface area contributed by atoms with Crippen LogP contribution in [0.3, 0.4) is 0 Å². The maximum absolute atomic E-state index is 14.4. The molecular weight excluding hydrogens is 1070 g/mol. The van der Waals surface area contributed by atoms with Gasteiger partial charge in [0.1, 0.15) is 60.1 Å². The van der Waals surface area contributed by atoms with Crippen molar-refractivity contribution >= 4 is 65.0 Å². The average molecular weight is 1140 g/mol. The molecule has 82 heavy (non-hydrogen) atoms. The van der Waals surface area contributed by atoms with Gasteiger partial charge in [-0.3, -0.25) is 47.9 Å². The van der Waals surface area contributed by atoms with Gasteiger partial charge in [0, 0.05) is 37.8 Å². The third-order valence-electron chi connectivity index (χ3n) is 14.1. The quantitative estimate of drug-likeness (QED) is 0.0342. The summed E-state index contributed by atoms with van der Waals surface area (Å²) >= 11 is 0. The molecule has 2 aromatic carbocycles. The Labute approximate surface area is 474 Å². The SMILES string of the molecule is CC(C)C[C@H](NC(=O)[C@H](Cc1cnc[nH]1)NC(=O)[C@@H]1CCCN1C(=O)[C@H](CO)NC(=O)[C@@H]1CCCN1C(=O)[C@@H](NC(=O)[C@H](CC(N)=O)NC(=O)[C@H](C)NC(=O)[C@H](Cc1ccc(O)cc1)NC(=O)[C@@H](N)Cc1ccccc1)C(C)C)C(=O)O. The number of carboxylic acids is 1.